The summed E-state index contributed by atoms with van der Waals surface area (Å²) in [6, 6.07) is 1.48. The minimum Gasteiger partial charge on any atom is -0.303 e. The predicted molar refractivity (Wildman–Crippen MR) is 49.7 cm³/mol. The van der Waals surface area contributed by atoms with Crippen molar-refractivity contribution in [2.24, 2.45) is 0 Å². The lowest BCUT2D eigenvalue weighted by Crippen LogP contribution is -2.30. The van der Waals surface area contributed by atoms with E-state index < -0.39 is 0 Å². The van der Waals surface area contributed by atoms with Gasteiger partial charge in [-0.05, 0) is 38.9 Å². The third-order valence-electron chi connectivity index (χ3n) is 2.28. The maximum Gasteiger partial charge on any atom is 0.00286 e. The van der Waals surface area contributed by atoms with Gasteiger partial charge in [0.25, 0.3) is 0 Å². The minimum atomic E-state index is 1.38. The molecule has 0 aliphatic carbocycles. The first-order chi connectivity index (χ1) is 4.93. The summed E-state index contributed by atoms with van der Waals surface area (Å²) in [5.74, 6) is 0. The topological polar surface area (TPSA) is 3.24 Å². The van der Waals surface area contributed by atoms with Crippen LogP contribution in [-0.2, 0) is 0 Å². The van der Waals surface area contributed by atoms with Crippen molar-refractivity contribution in [1.29, 1.82) is 0 Å². The highest BCUT2D eigenvalue weighted by Crippen LogP contribution is 2.08. The van der Waals surface area contributed by atoms with Crippen molar-refractivity contribution >= 4 is 10.2 Å². The molecular weight excluding hydrogens is 138 g/mol. The van der Waals surface area contributed by atoms with Crippen LogP contribution in [0.15, 0.2) is 0 Å². The van der Waals surface area contributed by atoms with E-state index in [1.54, 1.807) is 0 Å². The van der Waals surface area contributed by atoms with Gasteiger partial charge in [-0.15, -0.1) is 0 Å². The van der Waals surface area contributed by atoms with E-state index in [1.807, 2.05) is 0 Å². The van der Waals surface area contributed by atoms with E-state index in [0.717, 1.165) is 0 Å². The molecule has 0 atom stereocenters. The van der Waals surface area contributed by atoms with Gasteiger partial charge in [0.15, 0.2) is 0 Å². The predicted octanol–water partition coefficient (Wildman–Crippen LogP) is 0.646. The fourth-order valence-corrected chi connectivity index (χ4v) is 1.88. The summed E-state index contributed by atoms with van der Waals surface area (Å²) in [4.78, 5) is 2.63. The van der Waals surface area contributed by atoms with E-state index in [-0.39, 0.29) is 0 Å². The van der Waals surface area contributed by atoms with Gasteiger partial charge in [-0.3, -0.25) is 0 Å². The second kappa shape index (κ2) is 4.91. The van der Waals surface area contributed by atoms with Crippen molar-refractivity contribution in [3.8, 4) is 0 Å². The number of piperidine rings is 1. The highest BCUT2D eigenvalue weighted by Gasteiger charge is 2.07. The van der Waals surface area contributed by atoms with Gasteiger partial charge in [-0.1, -0.05) is 12.5 Å². The second-order valence-electron chi connectivity index (χ2n) is 3.26. The molecule has 1 fully saturated rings. The van der Waals surface area contributed by atoms with Crippen LogP contribution in [0.5, 0.6) is 0 Å². The molecule has 0 N–H and O–H groups in total. The zero-order chi connectivity index (χ0) is 7.23. The van der Waals surface area contributed by atoms with Crippen LogP contribution < -0.4 is 0 Å². The summed E-state index contributed by atoms with van der Waals surface area (Å²) in [6.07, 6.45) is 5.81. The zero-order valence-electron chi connectivity index (χ0n) is 7.10. The van der Waals surface area contributed by atoms with E-state index in [9.17, 15) is 0 Å². The molecule has 0 amide bonds. The normalized spacial score (nSPS) is 21.6. The second-order valence-corrected chi connectivity index (χ2v) is 4.26. The molecule has 0 bridgehead atoms. The van der Waals surface area contributed by atoms with Crippen LogP contribution in [0.3, 0.4) is 0 Å². The monoisotopic (exact) mass is 157 g/mol. The molecule has 1 rings (SSSR count). The molecule has 0 aromatic carbocycles. The Morgan fingerprint density at radius 2 is 1.80 bits per heavy atom. The summed E-state index contributed by atoms with van der Waals surface area (Å²) in [7, 11) is 1.39. The molecule has 1 heterocycles. The van der Waals surface area contributed by atoms with Crippen LogP contribution in [0.4, 0.5) is 0 Å². The molecule has 0 aromatic heterocycles. The van der Waals surface area contributed by atoms with Gasteiger partial charge in [0.2, 0.25) is 0 Å². The number of hydrogen-bond acceptors (Lipinski definition) is 1. The first-order valence-electron chi connectivity index (χ1n) is 4.66. The fourth-order valence-electron chi connectivity index (χ4n) is 1.56. The number of hydrogen-bond donors (Lipinski definition) is 0. The maximum absolute atomic E-state index is 2.63. The molecule has 0 saturated carbocycles. The molecule has 0 radical (unpaired) electrons. The molecule has 0 aromatic rings. The molecule has 0 unspecified atom stereocenters. The molecule has 1 aliphatic rings. The van der Waals surface area contributed by atoms with Crippen LogP contribution in [-0.4, -0.2) is 34.8 Å². The first kappa shape index (κ1) is 8.28. The van der Waals surface area contributed by atoms with E-state index in [4.69, 9.17) is 0 Å². The molecule has 1 nitrogen and oxygen atoms in total. The van der Waals surface area contributed by atoms with Crippen LogP contribution in [0.2, 0.25) is 6.04 Å². The van der Waals surface area contributed by atoms with Gasteiger partial charge in [0.05, 0.1) is 0 Å². The third-order valence-corrected chi connectivity index (χ3v) is 2.98. The Labute approximate surface area is 67.2 Å². The van der Waals surface area contributed by atoms with Gasteiger partial charge in [-0.25, -0.2) is 0 Å². The lowest BCUT2D eigenvalue weighted by Gasteiger charge is -2.25. The van der Waals surface area contributed by atoms with Crippen LogP contribution in [0, 0.1) is 0 Å². The minimum absolute atomic E-state index is 1.38. The highest BCUT2D eigenvalue weighted by atomic mass is 28.1. The summed E-state index contributed by atoms with van der Waals surface area (Å²) >= 11 is 0. The van der Waals surface area contributed by atoms with Gasteiger partial charge < -0.3 is 4.90 Å². The lowest BCUT2D eigenvalue weighted by molar-refractivity contribution is 0.229. The Morgan fingerprint density at radius 3 is 2.40 bits per heavy atom. The molecule has 10 heavy (non-hydrogen) atoms. The van der Waals surface area contributed by atoms with Gasteiger partial charge in [0, 0.05) is 10.2 Å². The number of nitrogens with zero attached hydrogens (tertiary/aromatic N) is 1. The summed E-state index contributed by atoms with van der Waals surface area (Å²) in [5, 5.41) is 0. The maximum atomic E-state index is 2.63. The van der Waals surface area contributed by atoms with E-state index in [2.05, 4.69) is 4.90 Å². The van der Waals surface area contributed by atoms with Gasteiger partial charge in [-0.2, -0.15) is 0 Å². The summed E-state index contributed by atoms with van der Waals surface area (Å²) in [6.45, 7) is 4.13. The number of likely N-dealkylation sites (tertiary alicyclic amines) is 1. The van der Waals surface area contributed by atoms with E-state index >= 15 is 0 Å². The summed E-state index contributed by atoms with van der Waals surface area (Å²) in [5.41, 5.74) is 0. The molecule has 2 heteroatoms. The van der Waals surface area contributed by atoms with Crippen molar-refractivity contribution in [2.75, 3.05) is 19.6 Å². The lowest BCUT2D eigenvalue weighted by atomic mass is 10.1. The Kier molecular flexibility index (Phi) is 4.06. The zero-order valence-corrected chi connectivity index (χ0v) is 9.10. The molecular formula is C8H19NSi. The molecule has 60 valence electrons. The standard InChI is InChI=1S/C8H19NSi/c10-8-4-7-9-5-2-1-3-6-9/h1-8H2,10H3. The van der Waals surface area contributed by atoms with E-state index in [1.165, 1.54) is 61.6 Å². The molecule has 1 aliphatic heterocycles. The molecule has 0 spiro atoms. The Bertz CT molecular complexity index is 79.3. The Morgan fingerprint density at radius 1 is 1.10 bits per heavy atom. The molecule has 1 saturated heterocycles. The average molecular weight is 157 g/mol. The Hall–Kier alpha value is 0.177. The van der Waals surface area contributed by atoms with Crippen molar-refractivity contribution < 1.29 is 0 Å². The van der Waals surface area contributed by atoms with Crippen LogP contribution in [0.25, 0.3) is 0 Å². The smallest absolute Gasteiger partial charge is 0.00286 e. The van der Waals surface area contributed by atoms with Crippen molar-refractivity contribution in [3.05, 3.63) is 0 Å². The van der Waals surface area contributed by atoms with Crippen LogP contribution >= 0.6 is 0 Å². The van der Waals surface area contributed by atoms with Crippen molar-refractivity contribution in [3.63, 3.8) is 0 Å². The quantitative estimate of drug-likeness (QED) is 0.544. The third kappa shape index (κ3) is 2.84. The van der Waals surface area contributed by atoms with Gasteiger partial charge >= 0.3 is 0 Å². The van der Waals surface area contributed by atoms with Gasteiger partial charge in [0.1, 0.15) is 0 Å². The average Bonchev–Trinajstić information content (AvgIpc) is 2.03. The highest BCUT2D eigenvalue weighted by molar-refractivity contribution is 6.08. The Balaban J connectivity index is 2.02. The van der Waals surface area contributed by atoms with Crippen molar-refractivity contribution in [1.82, 2.24) is 4.90 Å². The number of rotatable bonds is 3. The van der Waals surface area contributed by atoms with Crippen LogP contribution in [0.1, 0.15) is 25.7 Å². The van der Waals surface area contributed by atoms with Crippen molar-refractivity contribution in [2.45, 2.75) is 31.7 Å². The largest absolute Gasteiger partial charge is 0.303 e. The summed E-state index contributed by atoms with van der Waals surface area (Å²) < 4.78 is 0. The first-order valence-corrected chi connectivity index (χ1v) is 6.07. The van der Waals surface area contributed by atoms with E-state index in [0.29, 0.717) is 0 Å². The SMILES string of the molecule is [SiH3]CCCN1CCCCC1. The fraction of sp³-hybridized carbons (Fsp3) is 1.00.